The summed E-state index contributed by atoms with van der Waals surface area (Å²) >= 11 is 1.58. The predicted molar refractivity (Wildman–Crippen MR) is 86.9 cm³/mol. The van der Waals surface area contributed by atoms with Gasteiger partial charge in [0.25, 0.3) is 5.91 Å². The van der Waals surface area contributed by atoms with Gasteiger partial charge < -0.3 is 9.73 Å². The van der Waals surface area contributed by atoms with Gasteiger partial charge in [-0.2, -0.15) is 0 Å². The third-order valence-electron chi connectivity index (χ3n) is 3.32. The zero-order valence-corrected chi connectivity index (χ0v) is 13.2. The third kappa shape index (κ3) is 3.09. The average molecular weight is 312 g/mol. The maximum absolute atomic E-state index is 11.9. The highest BCUT2D eigenvalue weighted by atomic mass is 32.1. The molecule has 0 radical (unpaired) electrons. The van der Waals surface area contributed by atoms with Crippen LogP contribution in [0.15, 0.2) is 46.2 Å². The molecule has 0 fully saturated rings. The number of benzene rings is 1. The summed E-state index contributed by atoms with van der Waals surface area (Å²) in [5.41, 5.74) is 3.17. The Hall–Kier alpha value is -2.40. The van der Waals surface area contributed by atoms with E-state index in [0.717, 1.165) is 22.0 Å². The Balaban J connectivity index is 1.67. The van der Waals surface area contributed by atoms with Crippen molar-refractivity contribution in [3.05, 3.63) is 64.6 Å². The van der Waals surface area contributed by atoms with Crippen LogP contribution in [0.25, 0.3) is 10.6 Å². The third-order valence-corrected chi connectivity index (χ3v) is 4.25. The number of rotatable bonds is 4. The van der Waals surface area contributed by atoms with Crippen LogP contribution in [-0.4, -0.2) is 10.9 Å². The van der Waals surface area contributed by atoms with Crippen LogP contribution in [0.2, 0.25) is 0 Å². The number of nitrogens with zero attached hydrogens (tertiary/aromatic N) is 1. The molecule has 3 aromatic rings. The van der Waals surface area contributed by atoms with Gasteiger partial charge in [-0.1, -0.05) is 24.3 Å². The van der Waals surface area contributed by atoms with Gasteiger partial charge in [0.05, 0.1) is 12.2 Å². The first-order valence-electron chi connectivity index (χ1n) is 6.98. The van der Waals surface area contributed by atoms with Crippen molar-refractivity contribution < 1.29 is 9.21 Å². The highest BCUT2D eigenvalue weighted by molar-refractivity contribution is 7.13. The van der Waals surface area contributed by atoms with Crippen LogP contribution in [0.3, 0.4) is 0 Å². The molecule has 2 aromatic heterocycles. The Kier molecular flexibility index (Phi) is 4.06. The molecule has 1 amide bonds. The highest BCUT2D eigenvalue weighted by Crippen LogP contribution is 2.26. The molecule has 0 unspecified atom stereocenters. The molecule has 4 nitrogen and oxygen atoms in total. The molecule has 0 aliphatic heterocycles. The van der Waals surface area contributed by atoms with Crippen molar-refractivity contribution in [2.45, 2.75) is 20.4 Å². The minimum atomic E-state index is -0.224. The quantitative estimate of drug-likeness (QED) is 0.793. The fraction of sp³-hybridized carbons (Fsp3) is 0.176. The SMILES string of the molecule is Cc1ccc(C(=O)NCc2csc(-c3ccccc3C)n2)o1. The van der Waals surface area contributed by atoms with Crippen LogP contribution >= 0.6 is 11.3 Å². The van der Waals surface area contributed by atoms with Crippen LogP contribution in [0.4, 0.5) is 0 Å². The first-order valence-corrected chi connectivity index (χ1v) is 7.86. The molecule has 0 saturated carbocycles. The van der Waals surface area contributed by atoms with E-state index in [1.54, 1.807) is 23.5 Å². The molecule has 1 N–H and O–H groups in total. The normalized spacial score (nSPS) is 10.6. The largest absolute Gasteiger partial charge is 0.456 e. The number of aromatic nitrogens is 1. The molecule has 0 atom stereocenters. The van der Waals surface area contributed by atoms with E-state index in [-0.39, 0.29) is 5.91 Å². The molecule has 3 rings (SSSR count). The number of carbonyl (C=O) groups excluding carboxylic acids is 1. The number of hydrogen-bond acceptors (Lipinski definition) is 4. The van der Waals surface area contributed by atoms with Gasteiger partial charge in [0.15, 0.2) is 5.76 Å². The Morgan fingerprint density at radius 1 is 1.23 bits per heavy atom. The highest BCUT2D eigenvalue weighted by Gasteiger charge is 2.11. The van der Waals surface area contributed by atoms with Crippen molar-refractivity contribution in [3.63, 3.8) is 0 Å². The van der Waals surface area contributed by atoms with E-state index >= 15 is 0 Å². The molecule has 5 heteroatoms. The standard InChI is InChI=1S/C17H16N2O2S/c1-11-5-3-4-6-14(11)17-19-13(10-22-17)9-18-16(20)15-8-7-12(2)21-15/h3-8,10H,9H2,1-2H3,(H,18,20). The van der Waals surface area contributed by atoms with Gasteiger partial charge in [-0.25, -0.2) is 4.98 Å². The zero-order valence-electron chi connectivity index (χ0n) is 12.4. The number of nitrogens with one attached hydrogen (secondary N) is 1. The Labute approximate surface area is 132 Å². The number of thiazole rings is 1. The van der Waals surface area contributed by atoms with Gasteiger partial charge in [-0.15, -0.1) is 11.3 Å². The van der Waals surface area contributed by atoms with Gasteiger partial charge in [0.2, 0.25) is 0 Å². The number of furan rings is 1. The summed E-state index contributed by atoms with van der Waals surface area (Å²) in [4.78, 5) is 16.5. The molecule has 0 aliphatic carbocycles. The van der Waals surface area contributed by atoms with E-state index in [9.17, 15) is 4.79 Å². The first-order chi connectivity index (χ1) is 10.6. The summed E-state index contributed by atoms with van der Waals surface area (Å²) in [6.07, 6.45) is 0. The van der Waals surface area contributed by atoms with Gasteiger partial charge in [0.1, 0.15) is 10.8 Å². The topological polar surface area (TPSA) is 55.1 Å². The van der Waals surface area contributed by atoms with E-state index in [1.165, 1.54) is 5.56 Å². The molecule has 2 heterocycles. The van der Waals surface area contributed by atoms with Gasteiger partial charge in [0, 0.05) is 10.9 Å². The number of hydrogen-bond donors (Lipinski definition) is 1. The van der Waals surface area contributed by atoms with Crippen molar-refractivity contribution in [2.24, 2.45) is 0 Å². The maximum atomic E-state index is 11.9. The molecular formula is C17H16N2O2S. The van der Waals surface area contributed by atoms with Crippen molar-refractivity contribution in [1.82, 2.24) is 10.3 Å². The van der Waals surface area contributed by atoms with Crippen LogP contribution in [0.5, 0.6) is 0 Å². The van der Waals surface area contributed by atoms with Crippen LogP contribution in [0.1, 0.15) is 27.6 Å². The predicted octanol–water partition coefficient (Wildman–Crippen LogP) is 3.95. The summed E-state index contributed by atoms with van der Waals surface area (Å²) in [6, 6.07) is 11.6. The van der Waals surface area contributed by atoms with Crippen molar-refractivity contribution in [3.8, 4) is 10.6 Å². The zero-order chi connectivity index (χ0) is 15.5. The van der Waals surface area contributed by atoms with Crippen molar-refractivity contribution in [1.29, 1.82) is 0 Å². The lowest BCUT2D eigenvalue weighted by atomic mass is 10.1. The first kappa shape index (κ1) is 14.5. The second-order valence-electron chi connectivity index (χ2n) is 5.05. The Morgan fingerprint density at radius 2 is 2.05 bits per heavy atom. The maximum Gasteiger partial charge on any atom is 0.287 e. The second-order valence-corrected chi connectivity index (χ2v) is 5.91. The number of carbonyl (C=O) groups is 1. The smallest absolute Gasteiger partial charge is 0.287 e. The minimum Gasteiger partial charge on any atom is -0.456 e. The van der Waals surface area contributed by atoms with Crippen LogP contribution in [-0.2, 0) is 6.54 Å². The number of amides is 1. The Morgan fingerprint density at radius 3 is 2.77 bits per heavy atom. The minimum absolute atomic E-state index is 0.224. The fourth-order valence-electron chi connectivity index (χ4n) is 2.14. The van der Waals surface area contributed by atoms with E-state index in [4.69, 9.17) is 4.42 Å². The monoisotopic (exact) mass is 312 g/mol. The van der Waals surface area contributed by atoms with E-state index in [1.807, 2.05) is 24.4 Å². The van der Waals surface area contributed by atoms with Crippen molar-refractivity contribution >= 4 is 17.2 Å². The summed E-state index contributed by atoms with van der Waals surface area (Å²) in [7, 11) is 0. The van der Waals surface area contributed by atoms with Crippen LogP contribution < -0.4 is 5.32 Å². The Bertz CT molecular complexity index is 804. The van der Waals surface area contributed by atoms with E-state index in [2.05, 4.69) is 29.4 Å². The average Bonchev–Trinajstić information content (AvgIpc) is 3.14. The van der Waals surface area contributed by atoms with Crippen LogP contribution in [0, 0.1) is 13.8 Å². The molecule has 0 aliphatic rings. The van der Waals surface area contributed by atoms with E-state index < -0.39 is 0 Å². The van der Waals surface area contributed by atoms with E-state index in [0.29, 0.717) is 12.3 Å². The van der Waals surface area contributed by atoms with Crippen molar-refractivity contribution in [2.75, 3.05) is 0 Å². The molecule has 0 saturated heterocycles. The van der Waals surface area contributed by atoms with Gasteiger partial charge in [-0.3, -0.25) is 4.79 Å². The molecule has 22 heavy (non-hydrogen) atoms. The summed E-state index contributed by atoms with van der Waals surface area (Å²) in [6.45, 7) is 4.27. The molecular weight excluding hydrogens is 296 g/mol. The lowest BCUT2D eigenvalue weighted by molar-refractivity contribution is 0.0921. The fourth-order valence-corrected chi connectivity index (χ4v) is 3.05. The molecule has 0 bridgehead atoms. The molecule has 0 spiro atoms. The summed E-state index contributed by atoms with van der Waals surface area (Å²) < 4.78 is 5.29. The lowest BCUT2D eigenvalue weighted by Crippen LogP contribution is -2.22. The number of aryl methyl sites for hydroxylation is 2. The molecule has 1 aromatic carbocycles. The van der Waals surface area contributed by atoms with Gasteiger partial charge >= 0.3 is 0 Å². The second kappa shape index (κ2) is 6.15. The summed E-state index contributed by atoms with van der Waals surface area (Å²) in [5.74, 6) is 0.825. The lowest BCUT2D eigenvalue weighted by Gasteiger charge is -2.01. The molecule has 112 valence electrons. The summed E-state index contributed by atoms with van der Waals surface area (Å²) in [5, 5.41) is 5.76. The van der Waals surface area contributed by atoms with Gasteiger partial charge in [-0.05, 0) is 31.5 Å².